The largest absolute Gasteiger partial charge is 0.398 e. The Labute approximate surface area is 121 Å². The van der Waals surface area contributed by atoms with Crippen molar-refractivity contribution in [2.75, 3.05) is 24.8 Å². The number of thioether (sulfide) groups is 1. The van der Waals surface area contributed by atoms with Crippen molar-refractivity contribution in [1.29, 1.82) is 0 Å². The molecule has 18 heavy (non-hydrogen) atoms. The van der Waals surface area contributed by atoms with E-state index >= 15 is 0 Å². The molecule has 1 aromatic rings. The first-order valence-corrected chi connectivity index (χ1v) is 8.95. The SMILES string of the molecule is CSCC(C)N(C)S(=O)(=O)c1ccc(Br)cc1N. The molecular weight excluding hydrogens is 336 g/mol. The van der Waals surface area contributed by atoms with Gasteiger partial charge in [0.1, 0.15) is 4.90 Å². The van der Waals surface area contributed by atoms with Crippen LogP contribution >= 0.6 is 27.7 Å². The second-order valence-electron chi connectivity index (χ2n) is 4.01. The van der Waals surface area contributed by atoms with Crippen molar-refractivity contribution in [2.24, 2.45) is 0 Å². The fraction of sp³-hybridized carbons (Fsp3) is 0.455. The highest BCUT2D eigenvalue weighted by molar-refractivity contribution is 9.10. The van der Waals surface area contributed by atoms with Crippen LogP contribution in [0.5, 0.6) is 0 Å². The van der Waals surface area contributed by atoms with Crippen LogP contribution in [-0.2, 0) is 10.0 Å². The highest BCUT2D eigenvalue weighted by Crippen LogP contribution is 2.26. The van der Waals surface area contributed by atoms with Gasteiger partial charge >= 0.3 is 0 Å². The fourth-order valence-electron chi connectivity index (χ4n) is 1.49. The van der Waals surface area contributed by atoms with Crippen LogP contribution < -0.4 is 5.73 Å². The van der Waals surface area contributed by atoms with Gasteiger partial charge in [-0.3, -0.25) is 0 Å². The Morgan fingerprint density at radius 3 is 2.61 bits per heavy atom. The predicted molar refractivity (Wildman–Crippen MR) is 81.3 cm³/mol. The number of benzene rings is 1. The average Bonchev–Trinajstić information content (AvgIpc) is 2.27. The van der Waals surface area contributed by atoms with E-state index in [-0.39, 0.29) is 16.6 Å². The molecule has 4 nitrogen and oxygen atoms in total. The van der Waals surface area contributed by atoms with Crippen LogP contribution in [0.4, 0.5) is 5.69 Å². The Hall–Kier alpha value is -0.240. The number of anilines is 1. The molecule has 0 fully saturated rings. The van der Waals surface area contributed by atoms with Crippen LogP contribution in [-0.4, -0.2) is 37.8 Å². The third kappa shape index (κ3) is 3.40. The van der Waals surface area contributed by atoms with Crippen LogP contribution in [0.25, 0.3) is 0 Å². The number of nitrogens with zero attached hydrogens (tertiary/aromatic N) is 1. The number of sulfonamides is 1. The Bertz CT molecular complexity index is 520. The van der Waals surface area contributed by atoms with Gasteiger partial charge in [0, 0.05) is 23.3 Å². The van der Waals surface area contributed by atoms with Gasteiger partial charge in [0.15, 0.2) is 0 Å². The molecule has 0 aliphatic rings. The molecule has 0 amide bonds. The lowest BCUT2D eigenvalue weighted by Crippen LogP contribution is -2.36. The fourth-order valence-corrected chi connectivity index (χ4v) is 4.13. The molecule has 2 N–H and O–H groups in total. The molecule has 0 heterocycles. The number of rotatable bonds is 5. The molecule has 1 atom stereocenters. The summed E-state index contributed by atoms with van der Waals surface area (Å²) in [5.74, 6) is 0.742. The monoisotopic (exact) mass is 352 g/mol. The van der Waals surface area contributed by atoms with E-state index in [0.717, 1.165) is 10.2 Å². The van der Waals surface area contributed by atoms with Crippen LogP contribution in [0.15, 0.2) is 27.6 Å². The molecule has 102 valence electrons. The molecule has 0 radical (unpaired) electrons. The number of halogens is 1. The highest BCUT2D eigenvalue weighted by Gasteiger charge is 2.26. The number of hydrogen-bond donors (Lipinski definition) is 1. The minimum Gasteiger partial charge on any atom is -0.398 e. The molecule has 0 aliphatic heterocycles. The third-order valence-corrected chi connectivity index (χ3v) is 6.01. The normalized spacial score (nSPS) is 13.8. The first kappa shape index (κ1) is 15.8. The average molecular weight is 353 g/mol. The highest BCUT2D eigenvalue weighted by atomic mass is 79.9. The lowest BCUT2D eigenvalue weighted by atomic mass is 10.3. The maximum atomic E-state index is 12.4. The first-order valence-electron chi connectivity index (χ1n) is 5.32. The van der Waals surface area contributed by atoms with E-state index in [4.69, 9.17) is 5.73 Å². The van der Waals surface area contributed by atoms with Gasteiger partial charge in [-0.1, -0.05) is 15.9 Å². The summed E-state index contributed by atoms with van der Waals surface area (Å²) < 4.78 is 26.9. The van der Waals surface area contributed by atoms with Gasteiger partial charge in [-0.2, -0.15) is 16.1 Å². The Morgan fingerprint density at radius 1 is 1.50 bits per heavy atom. The summed E-state index contributed by atoms with van der Waals surface area (Å²) in [6.07, 6.45) is 1.95. The molecule has 0 spiro atoms. The number of hydrogen-bond acceptors (Lipinski definition) is 4. The second kappa shape index (κ2) is 6.27. The number of nitrogen functional groups attached to an aromatic ring is 1. The van der Waals surface area contributed by atoms with E-state index in [2.05, 4.69) is 15.9 Å². The van der Waals surface area contributed by atoms with Crippen LogP contribution in [0.2, 0.25) is 0 Å². The summed E-state index contributed by atoms with van der Waals surface area (Å²) in [7, 11) is -1.95. The van der Waals surface area contributed by atoms with Crippen molar-refractivity contribution in [3.63, 3.8) is 0 Å². The van der Waals surface area contributed by atoms with Crippen molar-refractivity contribution < 1.29 is 8.42 Å². The van der Waals surface area contributed by atoms with Gasteiger partial charge in [-0.15, -0.1) is 0 Å². The Morgan fingerprint density at radius 2 is 2.11 bits per heavy atom. The van der Waals surface area contributed by atoms with E-state index in [1.165, 1.54) is 10.4 Å². The molecular formula is C11H17BrN2O2S2. The zero-order valence-corrected chi connectivity index (χ0v) is 13.8. The summed E-state index contributed by atoms with van der Waals surface area (Å²) >= 11 is 4.87. The molecule has 7 heteroatoms. The molecule has 0 bridgehead atoms. The molecule has 1 rings (SSSR count). The molecule has 0 saturated carbocycles. The lowest BCUT2D eigenvalue weighted by molar-refractivity contribution is 0.415. The Balaban J connectivity index is 3.13. The standard InChI is InChI=1S/C11H17BrN2O2S2/c1-8(7-17-3)14(2)18(15,16)11-5-4-9(12)6-10(11)13/h4-6,8H,7,13H2,1-3H3. The van der Waals surface area contributed by atoms with Gasteiger partial charge < -0.3 is 5.73 Å². The van der Waals surface area contributed by atoms with E-state index < -0.39 is 10.0 Å². The minimum atomic E-state index is -3.53. The van der Waals surface area contributed by atoms with Gasteiger partial charge in [-0.25, -0.2) is 8.42 Å². The van der Waals surface area contributed by atoms with Crippen molar-refractivity contribution in [3.05, 3.63) is 22.7 Å². The first-order chi connectivity index (χ1) is 8.30. The molecule has 1 unspecified atom stereocenters. The quantitative estimate of drug-likeness (QED) is 0.826. The van der Waals surface area contributed by atoms with Crippen molar-refractivity contribution in [2.45, 2.75) is 17.9 Å². The molecule has 0 saturated heterocycles. The summed E-state index contributed by atoms with van der Waals surface area (Å²) in [6.45, 7) is 1.88. The maximum absolute atomic E-state index is 12.4. The maximum Gasteiger partial charge on any atom is 0.245 e. The minimum absolute atomic E-state index is 0.0759. The van der Waals surface area contributed by atoms with Gasteiger partial charge in [-0.05, 0) is 31.4 Å². The van der Waals surface area contributed by atoms with Gasteiger partial charge in [0.25, 0.3) is 0 Å². The summed E-state index contributed by atoms with van der Waals surface area (Å²) in [5, 5.41) is 0. The van der Waals surface area contributed by atoms with Crippen molar-refractivity contribution >= 4 is 43.4 Å². The summed E-state index contributed by atoms with van der Waals surface area (Å²) in [5.41, 5.74) is 6.04. The van der Waals surface area contributed by atoms with Crippen LogP contribution in [0, 0.1) is 0 Å². The smallest absolute Gasteiger partial charge is 0.245 e. The van der Waals surface area contributed by atoms with Crippen molar-refractivity contribution in [3.8, 4) is 0 Å². The zero-order chi connectivity index (χ0) is 13.9. The Kier molecular flexibility index (Phi) is 5.51. The van der Waals surface area contributed by atoms with E-state index in [0.29, 0.717) is 0 Å². The molecule has 0 aromatic heterocycles. The van der Waals surface area contributed by atoms with Crippen LogP contribution in [0.3, 0.4) is 0 Å². The van der Waals surface area contributed by atoms with E-state index in [9.17, 15) is 8.42 Å². The van der Waals surface area contributed by atoms with Gasteiger partial charge in [0.05, 0.1) is 5.69 Å². The summed E-state index contributed by atoms with van der Waals surface area (Å²) in [4.78, 5) is 0.154. The summed E-state index contributed by atoms with van der Waals surface area (Å²) in [6, 6.07) is 4.72. The topological polar surface area (TPSA) is 63.4 Å². The van der Waals surface area contributed by atoms with Gasteiger partial charge in [0.2, 0.25) is 10.0 Å². The zero-order valence-electron chi connectivity index (χ0n) is 10.6. The number of nitrogens with two attached hydrogens (primary N) is 1. The van der Waals surface area contributed by atoms with E-state index in [1.54, 1.807) is 30.9 Å². The lowest BCUT2D eigenvalue weighted by Gasteiger charge is -2.24. The second-order valence-corrected chi connectivity index (χ2v) is 7.80. The van der Waals surface area contributed by atoms with Crippen molar-refractivity contribution in [1.82, 2.24) is 4.31 Å². The third-order valence-electron chi connectivity index (χ3n) is 2.66. The predicted octanol–water partition coefficient (Wildman–Crippen LogP) is 2.40. The van der Waals surface area contributed by atoms with Crippen LogP contribution in [0.1, 0.15) is 6.92 Å². The molecule has 0 aliphatic carbocycles. The molecule has 1 aromatic carbocycles. The van der Waals surface area contributed by atoms with E-state index in [1.807, 2.05) is 13.2 Å².